The number of likely N-dealkylation sites (tertiary alicyclic amines) is 1. The van der Waals surface area contributed by atoms with E-state index in [1.807, 2.05) is 0 Å². The van der Waals surface area contributed by atoms with E-state index in [0.29, 0.717) is 12.5 Å². The lowest BCUT2D eigenvalue weighted by molar-refractivity contribution is -0.117. The van der Waals surface area contributed by atoms with Crippen LogP contribution in [0.4, 0.5) is 5.13 Å². The molecule has 0 aromatic carbocycles. The van der Waals surface area contributed by atoms with Gasteiger partial charge in [-0.2, -0.15) is 0 Å². The first kappa shape index (κ1) is 18.4. The molecule has 1 fully saturated rings. The molecular weight excluding hydrogens is 310 g/mol. The van der Waals surface area contributed by atoms with Gasteiger partial charge < -0.3 is 10.1 Å². The smallest absolute Gasteiger partial charge is 0.240 e. The Labute approximate surface area is 143 Å². The molecule has 1 amide bonds. The molecule has 0 unspecified atom stereocenters. The molecule has 1 aliphatic heterocycles. The minimum absolute atomic E-state index is 0.0498. The third-order valence-electron chi connectivity index (χ3n) is 4.42. The van der Waals surface area contributed by atoms with Crippen LogP contribution in [-0.2, 0) is 16.0 Å². The highest BCUT2D eigenvalue weighted by atomic mass is 32.1. The number of anilines is 1. The molecule has 1 aromatic heterocycles. The van der Waals surface area contributed by atoms with Crippen molar-refractivity contribution in [3.63, 3.8) is 0 Å². The zero-order valence-corrected chi connectivity index (χ0v) is 15.4. The van der Waals surface area contributed by atoms with Gasteiger partial charge in [-0.05, 0) is 45.1 Å². The lowest BCUT2D eigenvalue weighted by atomic mass is 10.0. The van der Waals surface area contributed by atoms with Crippen LogP contribution in [0.1, 0.15) is 43.2 Å². The summed E-state index contributed by atoms with van der Waals surface area (Å²) in [5, 5.41) is 3.70. The van der Waals surface area contributed by atoms with Gasteiger partial charge in [0.2, 0.25) is 5.91 Å². The Balaban J connectivity index is 1.85. The van der Waals surface area contributed by atoms with Crippen LogP contribution >= 0.6 is 11.3 Å². The maximum absolute atomic E-state index is 12.3. The summed E-state index contributed by atoms with van der Waals surface area (Å²) in [5.74, 6) is 0.688. The number of nitrogens with zero attached hydrogens (tertiary/aromatic N) is 2. The van der Waals surface area contributed by atoms with Crippen molar-refractivity contribution in [2.75, 3.05) is 38.7 Å². The maximum Gasteiger partial charge on any atom is 0.240 e. The number of aryl methyl sites for hydroxylation is 2. The highest BCUT2D eigenvalue weighted by Gasteiger charge is 2.20. The van der Waals surface area contributed by atoms with E-state index in [0.717, 1.165) is 43.4 Å². The van der Waals surface area contributed by atoms with Gasteiger partial charge in [0, 0.05) is 25.1 Å². The number of amides is 1. The van der Waals surface area contributed by atoms with Gasteiger partial charge in [-0.3, -0.25) is 9.69 Å². The van der Waals surface area contributed by atoms with Gasteiger partial charge in [0.25, 0.3) is 0 Å². The lowest BCUT2D eigenvalue weighted by Crippen LogP contribution is -2.36. The van der Waals surface area contributed by atoms with Crippen molar-refractivity contribution < 1.29 is 9.53 Å². The minimum atomic E-state index is 0.0498. The molecular formula is C17H29N3O2S. The Morgan fingerprint density at radius 3 is 3.00 bits per heavy atom. The van der Waals surface area contributed by atoms with Crippen molar-refractivity contribution in [2.24, 2.45) is 5.92 Å². The number of nitrogens with one attached hydrogen (secondary N) is 1. The van der Waals surface area contributed by atoms with Gasteiger partial charge in [0.15, 0.2) is 5.13 Å². The van der Waals surface area contributed by atoms with Gasteiger partial charge in [-0.15, -0.1) is 11.3 Å². The largest absolute Gasteiger partial charge is 0.385 e. The summed E-state index contributed by atoms with van der Waals surface area (Å²) in [4.78, 5) is 20.3. The van der Waals surface area contributed by atoms with E-state index in [-0.39, 0.29) is 5.91 Å². The molecule has 0 radical (unpaired) electrons. The Morgan fingerprint density at radius 1 is 1.48 bits per heavy atom. The molecule has 1 atom stereocenters. The number of hydrogen-bond acceptors (Lipinski definition) is 5. The van der Waals surface area contributed by atoms with Crippen LogP contribution < -0.4 is 5.32 Å². The molecule has 0 bridgehead atoms. The third-order valence-corrected chi connectivity index (χ3v) is 5.35. The van der Waals surface area contributed by atoms with Crippen LogP contribution in [0, 0.1) is 12.8 Å². The Bertz CT molecular complexity index is 504. The number of rotatable bonds is 7. The molecule has 1 aliphatic rings. The number of carbonyl (C=O) groups is 1. The van der Waals surface area contributed by atoms with Gasteiger partial charge in [-0.1, -0.05) is 13.3 Å². The van der Waals surface area contributed by atoms with Gasteiger partial charge >= 0.3 is 0 Å². The van der Waals surface area contributed by atoms with Crippen molar-refractivity contribution in [2.45, 2.75) is 46.0 Å². The molecule has 5 nitrogen and oxygen atoms in total. The van der Waals surface area contributed by atoms with Crippen molar-refractivity contribution in [1.29, 1.82) is 0 Å². The first-order valence-electron chi connectivity index (χ1n) is 8.59. The number of thiazole rings is 1. The van der Waals surface area contributed by atoms with E-state index < -0.39 is 0 Å². The molecule has 2 heterocycles. The Hall–Kier alpha value is -0.980. The summed E-state index contributed by atoms with van der Waals surface area (Å²) in [5.41, 5.74) is 1.08. The summed E-state index contributed by atoms with van der Waals surface area (Å²) in [6, 6.07) is 0. The van der Waals surface area contributed by atoms with Crippen LogP contribution in [-0.4, -0.2) is 49.1 Å². The van der Waals surface area contributed by atoms with Crippen molar-refractivity contribution in [3.05, 3.63) is 10.6 Å². The number of hydrogen-bond donors (Lipinski definition) is 1. The summed E-state index contributed by atoms with van der Waals surface area (Å²) < 4.78 is 5.20. The minimum Gasteiger partial charge on any atom is -0.385 e. The van der Waals surface area contributed by atoms with Crippen LogP contribution in [0.2, 0.25) is 0 Å². The van der Waals surface area contributed by atoms with E-state index in [1.54, 1.807) is 18.4 Å². The average Bonchev–Trinajstić information content (AvgIpc) is 2.73. The summed E-state index contributed by atoms with van der Waals surface area (Å²) in [6.45, 7) is 7.42. The molecule has 130 valence electrons. The maximum atomic E-state index is 12.3. The molecule has 1 N–H and O–H groups in total. The van der Waals surface area contributed by atoms with Crippen molar-refractivity contribution >= 4 is 22.4 Å². The van der Waals surface area contributed by atoms with Crippen LogP contribution in [0.15, 0.2) is 0 Å². The van der Waals surface area contributed by atoms with E-state index in [9.17, 15) is 4.79 Å². The van der Waals surface area contributed by atoms with Gasteiger partial charge in [-0.25, -0.2) is 4.98 Å². The standard InChI is InChI=1S/C17H29N3O2S/c1-4-15-13(2)23-17(18-15)19-16(21)12-20-9-6-5-7-14(11-20)8-10-22-3/h14H,4-12H2,1-3H3,(H,18,19,21)/t14-/m1/s1. The van der Waals surface area contributed by atoms with Crippen LogP contribution in [0.3, 0.4) is 0 Å². The predicted octanol–water partition coefficient (Wildman–Crippen LogP) is 3.09. The first-order chi connectivity index (χ1) is 11.1. The van der Waals surface area contributed by atoms with E-state index >= 15 is 0 Å². The first-order valence-corrected chi connectivity index (χ1v) is 9.41. The SMILES string of the molecule is CCc1nc(NC(=O)CN2CCCC[C@H](CCOC)C2)sc1C. The summed E-state index contributed by atoms with van der Waals surface area (Å²) in [7, 11) is 1.75. The molecule has 0 spiro atoms. The molecule has 23 heavy (non-hydrogen) atoms. The normalized spacial score (nSPS) is 19.5. The fraction of sp³-hybridized carbons (Fsp3) is 0.765. The van der Waals surface area contributed by atoms with Crippen LogP contribution in [0.5, 0.6) is 0 Å². The number of methoxy groups -OCH3 is 1. The van der Waals surface area contributed by atoms with Gasteiger partial charge in [0.1, 0.15) is 0 Å². The van der Waals surface area contributed by atoms with Crippen molar-refractivity contribution in [3.8, 4) is 0 Å². The average molecular weight is 340 g/mol. The predicted molar refractivity (Wildman–Crippen MR) is 95.1 cm³/mol. The highest BCUT2D eigenvalue weighted by molar-refractivity contribution is 7.15. The summed E-state index contributed by atoms with van der Waals surface area (Å²) in [6.07, 6.45) is 5.66. The Kier molecular flexibility index (Phi) is 7.46. The number of ether oxygens (including phenoxy) is 1. The molecule has 2 rings (SSSR count). The number of aromatic nitrogens is 1. The fourth-order valence-corrected chi connectivity index (χ4v) is 4.07. The zero-order valence-electron chi connectivity index (χ0n) is 14.6. The Morgan fingerprint density at radius 2 is 2.30 bits per heavy atom. The van der Waals surface area contributed by atoms with E-state index in [2.05, 4.69) is 29.0 Å². The fourth-order valence-electron chi connectivity index (χ4n) is 3.15. The van der Waals surface area contributed by atoms with E-state index in [4.69, 9.17) is 4.74 Å². The third kappa shape index (κ3) is 5.86. The zero-order chi connectivity index (χ0) is 16.7. The molecule has 1 saturated heterocycles. The second kappa shape index (κ2) is 9.35. The lowest BCUT2D eigenvalue weighted by Gasteiger charge is -2.23. The monoisotopic (exact) mass is 339 g/mol. The summed E-state index contributed by atoms with van der Waals surface area (Å²) >= 11 is 1.57. The van der Waals surface area contributed by atoms with E-state index in [1.165, 1.54) is 24.1 Å². The topological polar surface area (TPSA) is 54.5 Å². The van der Waals surface area contributed by atoms with Gasteiger partial charge in [0.05, 0.1) is 12.2 Å². The second-order valence-electron chi connectivity index (χ2n) is 6.30. The molecule has 0 saturated carbocycles. The molecule has 6 heteroatoms. The van der Waals surface area contributed by atoms with Crippen LogP contribution in [0.25, 0.3) is 0 Å². The highest BCUT2D eigenvalue weighted by Crippen LogP contribution is 2.23. The number of carbonyl (C=O) groups excluding carboxylic acids is 1. The molecule has 1 aromatic rings. The van der Waals surface area contributed by atoms with Crippen molar-refractivity contribution in [1.82, 2.24) is 9.88 Å². The second-order valence-corrected chi connectivity index (χ2v) is 7.51. The quantitative estimate of drug-likeness (QED) is 0.829. The molecule has 0 aliphatic carbocycles.